The zero-order chi connectivity index (χ0) is 11.9. The molecule has 0 aromatic carbocycles. The Kier molecular flexibility index (Phi) is 6.60. The van der Waals surface area contributed by atoms with Gasteiger partial charge in [0.05, 0.1) is 31.7 Å². The van der Waals surface area contributed by atoms with E-state index in [1.54, 1.807) is 0 Å². The molecule has 0 unspecified atom stereocenters. The Morgan fingerprint density at radius 3 is 2.50 bits per heavy atom. The second kappa shape index (κ2) is 7.45. The fourth-order valence-electron chi connectivity index (χ4n) is 1.38. The van der Waals surface area contributed by atoms with Gasteiger partial charge in [0.15, 0.2) is 0 Å². The highest BCUT2D eigenvalue weighted by Gasteiger charge is 2.13. The second-order valence-electron chi connectivity index (χ2n) is 3.54. The Morgan fingerprint density at radius 2 is 1.88 bits per heavy atom. The van der Waals surface area contributed by atoms with E-state index in [2.05, 4.69) is 0 Å². The smallest absolute Gasteiger partial charge is 0.234 e. The Morgan fingerprint density at radius 1 is 1.19 bits per heavy atom. The summed E-state index contributed by atoms with van der Waals surface area (Å²) in [6, 6.07) is 0. The third kappa shape index (κ3) is 7.40. The van der Waals surface area contributed by atoms with Crippen molar-refractivity contribution in [3.8, 4) is 0 Å². The molecule has 0 spiro atoms. The predicted octanol–water partition coefficient (Wildman–Crippen LogP) is 0.767. The summed E-state index contributed by atoms with van der Waals surface area (Å²) in [7, 11) is 1.57. The first kappa shape index (κ1) is 14.2. The molecule has 16 heavy (non-hydrogen) atoms. The van der Waals surface area contributed by atoms with Crippen molar-refractivity contribution < 1.29 is 22.6 Å². The van der Waals surface area contributed by atoms with Gasteiger partial charge in [-0.1, -0.05) is 0 Å². The molecule has 0 aromatic heterocycles. The Hall–Kier alpha value is 0.120. The largest absolute Gasteiger partial charge is 0.381 e. The SMILES string of the molecule is O=S(=O)(Cl)CCOCCOC1CCOCC1. The van der Waals surface area contributed by atoms with E-state index < -0.39 is 9.05 Å². The monoisotopic (exact) mass is 272 g/mol. The van der Waals surface area contributed by atoms with E-state index in [9.17, 15) is 8.42 Å². The van der Waals surface area contributed by atoms with E-state index in [-0.39, 0.29) is 18.5 Å². The first-order valence-electron chi connectivity index (χ1n) is 5.27. The maximum atomic E-state index is 10.6. The molecule has 1 aliphatic rings. The van der Waals surface area contributed by atoms with Gasteiger partial charge in [-0.3, -0.25) is 0 Å². The summed E-state index contributed by atoms with van der Waals surface area (Å²) in [6.45, 7) is 2.48. The predicted molar refractivity (Wildman–Crippen MR) is 60.3 cm³/mol. The van der Waals surface area contributed by atoms with Gasteiger partial charge < -0.3 is 14.2 Å². The minimum Gasteiger partial charge on any atom is -0.381 e. The lowest BCUT2D eigenvalue weighted by molar-refractivity contribution is -0.0482. The minimum atomic E-state index is -3.44. The van der Waals surface area contributed by atoms with E-state index in [0.717, 1.165) is 26.1 Å². The van der Waals surface area contributed by atoms with E-state index in [1.165, 1.54) is 0 Å². The van der Waals surface area contributed by atoms with E-state index in [4.69, 9.17) is 24.9 Å². The highest BCUT2D eigenvalue weighted by Crippen LogP contribution is 2.09. The normalized spacial score (nSPS) is 18.8. The van der Waals surface area contributed by atoms with Crippen LogP contribution in [0.5, 0.6) is 0 Å². The molecule has 0 bridgehead atoms. The van der Waals surface area contributed by atoms with Gasteiger partial charge in [0.25, 0.3) is 0 Å². The molecule has 7 heteroatoms. The Bertz CT molecular complexity index is 274. The van der Waals surface area contributed by atoms with Gasteiger partial charge in [-0.15, -0.1) is 0 Å². The van der Waals surface area contributed by atoms with Crippen molar-refractivity contribution in [3.05, 3.63) is 0 Å². The van der Waals surface area contributed by atoms with Gasteiger partial charge in [-0.25, -0.2) is 8.42 Å². The van der Waals surface area contributed by atoms with Crippen LogP contribution in [-0.2, 0) is 23.3 Å². The second-order valence-corrected chi connectivity index (χ2v) is 6.43. The van der Waals surface area contributed by atoms with Crippen LogP contribution < -0.4 is 0 Å². The molecule has 1 aliphatic heterocycles. The lowest BCUT2D eigenvalue weighted by Crippen LogP contribution is -2.25. The van der Waals surface area contributed by atoms with Crippen molar-refractivity contribution in [2.45, 2.75) is 18.9 Å². The molecule has 1 saturated heterocycles. The van der Waals surface area contributed by atoms with Gasteiger partial charge in [-0.05, 0) is 12.8 Å². The molecule has 96 valence electrons. The summed E-state index contributed by atoms with van der Waals surface area (Å²) in [5, 5.41) is 0. The lowest BCUT2D eigenvalue weighted by Gasteiger charge is -2.22. The summed E-state index contributed by atoms with van der Waals surface area (Å²) in [5.74, 6) is -0.161. The maximum absolute atomic E-state index is 10.6. The molecular formula is C9H17ClO5S. The molecule has 0 amide bonds. The van der Waals surface area contributed by atoms with Crippen LogP contribution in [0.25, 0.3) is 0 Å². The van der Waals surface area contributed by atoms with Gasteiger partial charge >= 0.3 is 0 Å². The number of hydrogen-bond acceptors (Lipinski definition) is 5. The summed E-state index contributed by atoms with van der Waals surface area (Å²) >= 11 is 0. The van der Waals surface area contributed by atoms with Crippen LogP contribution in [0.4, 0.5) is 0 Å². The topological polar surface area (TPSA) is 61.8 Å². The number of rotatable bonds is 7. The molecule has 5 nitrogen and oxygen atoms in total. The molecule has 1 rings (SSSR count). The first-order chi connectivity index (χ1) is 7.58. The molecule has 1 heterocycles. The van der Waals surface area contributed by atoms with Crippen molar-refractivity contribution >= 4 is 19.7 Å². The van der Waals surface area contributed by atoms with Crippen LogP contribution in [0.3, 0.4) is 0 Å². The van der Waals surface area contributed by atoms with Gasteiger partial charge in [-0.2, -0.15) is 0 Å². The quantitative estimate of drug-likeness (QED) is 0.506. The third-order valence-electron chi connectivity index (χ3n) is 2.22. The van der Waals surface area contributed by atoms with Crippen molar-refractivity contribution in [1.82, 2.24) is 0 Å². The van der Waals surface area contributed by atoms with Crippen LogP contribution in [0.15, 0.2) is 0 Å². The molecule has 0 aliphatic carbocycles. The molecule has 1 fully saturated rings. The summed E-state index contributed by atoms with van der Waals surface area (Å²) < 4.78 is 36.9. The molecule has 0 N–H and O–H groups in total. The van der Waals surface area contributed by atoms with Crippen molar-refractivity contribution in [1.29, 1.82) is 0 Å². The fourth-order valence-corrected chi connectivity index (χ4v) is 1.88. The Labute approximate surface area is 100 Å². The van der Waals surface area contributed by atoms with Crippen LogP contribution in [0, 0.1) is 0 Å². The third-order valence-corrected chi connectivity index (χ3v) is 3.34. The fraction of sp³-hybridized carbons (Fsp3) is 1.00. The van der Waals surface area contributed by atoms with Crippen molar-refractivity contribution in [2.75, 3.05) is 38.8 Å². The highest BCUT2D eigenvalue weighted by atomic mass is 35.7. The van der Waals surface area contributed by atoms with Crippen LogP contribution >= 0.6 is 10.7 Å². The van der Waals surface area contributed by atoms with E-state index in [1.807, 2.05) is 0 Å². The molecule has 0 atom stereocenters. The zero-order valence-electron chi connectivity index (χ0n) is 9.06. The standard InChI is InChI=1S/C9H17ClO5S/c10-16(11,12)8-7-14-5-6-15-9-1-3-13-4-2-9/h9H,1-8H2. The highest BCUT2D eigenvalue weighted by molar-refractivity contribution is 8.13. The zero-order valence-corrected chi connectivity index (χ0v) is 10.6. The number of hydrogen-bond donors (Lipinski definition) is 0. The summed E-state index contributed by atoms with van der Waals surface area (Å²) in [5.41, 5.74) is 0. The number of halogens is 1. The van der Waals surface area contributed by atoms with Crippen LogP contribution in [-0.4, -0.2) is 53.3 Å². The molecule has 0 aromatic rings. The molecule has 0 saturated carbocycles. The molecular weight excluding hydrogens is 256 g/mol. The van der Waals surface area contributed by atoms with Gasteiger partial charge in [0, 0.05) is 23.9 Å². The summed E-state index contributed by atoms with van der Waals surface area (Å²) in [6.07, 6.45) is 2.07. The number of ether oxygens (including phenoxy) is 3. The minimum absolute atomic E-state index is 0.114. The Balaban J connectivity index is 1.91. The van der Waals surface area contributed by atoms with E-state index >= 15 is 0 Å². The van der Waals surface area contributed by atoms with Gasteiger partial charge in [0.2, 0.25) is 9.05 Å². The van der Waals surface area contributed by atoms with Gasteiger partial charge in [0.1, 0.15) is 0 Å². The maximum Gasteiger partial charge on any atom is 0.234 e. The average Bonchev–Trinajstić information content (AvgIpc) is 2.23. The van der Waals surface area contributed by atoms with Crippen molar-refractivity contribution in [3.63, 3.8) is 0 Å². The van der Waals surface area contributed by atoms with Crippen molar-refractivity contribution in [2.24, 2.45) is 0 Å². The average molecular weight is 273 g/mol. The van der Waals surface area contributed by atoms with E-state index in [0.29, 0.717) is 13.2 Å². The van der Waals surface area contributed by atoms with Crippen LogP contribution in [0.1, 0.15) is 12.8 Å². The van der Waals surface area contributed by atoms with Crippen LogP contribution in [0.2, 0.25) is 0 Å². The molecule has 0 radical (unpaired) electrons. The first-order valence-corrected chi connectivity index (χ1v) is 7.75. The lowest BCUT2D eigenvalue weighted by atomic mass is 10.2. The summed E-state index contributed by atoms with van der Waals surface area (Å²) in [4.78, 5) is 0.